The van der Waals surface area contributed by atoms with E-state index in [0.717, 1.165) is 13.1 Å². The number of hydrogen-bond donors (Lipinski definition) is 1. The predicted molar refractivity (Wildman–Crippen MR) is 42.6 cm³/mol. The minimum Gasteiger partial charge on any atom is -0.481 e. The zero-order valence-electron chi connectivity index (χ0n) is 7.21. The summed E-state index contributed by atoms with van der Waals surface area (Å²) in [6.07, 6.45) is 0.959. The molecule has 0 aliphatic carbocycles. The van der Waals surface area contributed by atoms with Crippen LogP contribution < -0.4 is 10.5 Å². The van der Waals surface area contributed by atoms with Crippen molar-refractivity contribution in [2.45, 2.75) is 12.8 Å². The number of alkyl halides is 2. The standard InChI is InChI=1S/C7H9F2N3O/c1-7(8,9)4-3-11-6(10)12-5(4)13-2/h3H,1-2H3,(H2,10,11,12). The Morgan fingerprint density at radius 3 is 2.62 bits per heavy atom. The lowest BCUT2D eigenvalue weighted by atomic mass is 10.2. The SMILES string of the molecule is COc1nc(N)ncc1C(C)(F)F. The first-order valence-corrected chi connectivity index (χ1v) is 3.50. The summed E-state index contributed by atoms with van der Waals surface area (Å²) in [5.41, 5.74) is 4.83. The minimum absolute atomic E-state index is 0.0927. The maximum Gasteiger partial charge on any atom is 0.277 e. The number of hydrogen-bond acceptors (Lipinski definition) is 4. The molecule has 0 aliphatic heterocycles. The van der Waals surface area contributed by atoms with Crippen molar-refractivity contribution in [1.82, 2.24) is 9.97 Å². The Bertz CT molecular complexity index is 311. The quantitative estimate of drug-likeness (QED) is 0.758. The molecule has 2 N–H and O–H groups in total. The average Bonchev–Trinajstić information content (AvgIpc) is 2.01. The second-order valence-corrected chi connectivity index (χ2v) is 2.54. The van der Waals surface area contributed by atoms with Crippen molar-refractivity contribution in [2.75, 3.05) is 12.8 Å². The molecule has 0 atom stereocenters. The maximum absolute atomic E-state index is 12.8. The second-order valence-electron chi connectivity index (χ2n) is 2.54. The van der Waals surface area contributed by atoms with Crippen molar-refractivity contribution in [3.8, 4) is 5.88 Å². The summed E-state index contributed by atoms with van der Waals surface area (Å²) in [6, 6.07) is 0. The number of ether oxygens (including phenoxy) is 1. The van der Waals surface area contributed by atoms with Crippen LogP contribution in [0, 0.1) is 0 Å². The first-order chi connectivity index (χ1) is 5.95. The molecule has 0 fully saturated rings. The van der Waals surface area contributed by atoms with E-state index in [2.05, 4.69) is 14.7 Å². The van der Waals surface area contributed by atoms with Gasteiger partial charge in [0, 0.05) is 13.1 Å². The highest BCUT2D eigenvalue weighted by atomic mass is 19.3. The first kappa shape index (κ1) is 9.63. The molecule has 0 aromatic carbocycles. The van der Waals surface area contributed by atoms with Crippen LogP contribution in [0.15, 0.2) is 6.20 Å². The van der Waals surface area contributed by atoms with Crippen molar-refractivity contribution in [3.63, 3.8) is 0 Å². The van der Waals surface area contributed by atoms with E-state index < -0.39 is 5.92 Å². The van der Waals surface area contributed by atoms with Gasteiger partial charge < -0.3 is 10.5 Å². The van der Waals surface area contributed by atoms with Crippen LogP contribution in [0.4, 0.5) is 14.7 Å². The molecule has 0 aliphatic rings. The van der Waals surface area contributed by atoms with Crippen LogP contribution in [0.5, 0.6) is 5.88 Å². The largest absolute Gasteiger partial charge is 0.481 e. The molecular weight excluding hydrogens is 180 g/mol. The third kappa shape index (κ3) is 2.01. The van der Waals surface area contributed by atoms with Crippen LogP contribution >= 0.6 is 0 Å². The molecule has 4 nitrogen and oxygen atoms in total. The predicted octanol–water partition coefficient (Wildman–Crippen LogP) is 1.18. The smallest absolute Gasteiger partial charge is 0.277 e. The van der Waals surface area contributed by atoms with Crippen molar-refractivity contribution < 1.29 is 13.5 Å². The first-order valence-electron chi connectivity index (χ1n) is 3.50. The Hall–Kier alpha value is -1.46. The van der Waals surface area contributed by atoms with E-state index in [1.165, 1.54) is 7.11 Å². The van der Waals surface area contributed by atoms with E-state index in [4.69, 9.17) is 5.73 Å². The third-order valence-electron chi connectivity index (χ3n) is 1.44. The molecular formula is C7H9F2N3O. The molecule has 1 heterocycles. The van der Waals surface area contributed by atoms with E-state index in [1.807, 2.05) is 0 Å². The lowest BCUT2D eigenvalue weighted by Crippen LogP contribution is -2.12. The zero-order valence-corrected chi connectivity index (χ0v) is 7.21. The van der Waals surface area contributed by atoms with E-state index in [1.54, 1.807) is 0 Å². The highest BCUT2D eigenvalue weighted by Crippen LogP contribution is 2.32. The average molecular weight is 189 g/mol. The van der Waals surface area contributed by atoms with E-state index in [-0.39, 0.29) is 17.4 Å². The van der Waals surface area contributed by atoms with Crippen LogP contribution in [0.25, 0.3) is 0 Å². The number of nitrogen functional groups attached to an aromatic ring is 1. The van der Waals surface area contributed by atoms with Gasteiger partial charge in [-0.1, -0.05) is 0 Å². The number of methoxy groups -OCH3 is 1. The molecule has 0 amide bonds. The second kappa shape index (κ2) is 3.12. The Kier molecular flexibility index (Phi) is 2.31. The van der Waals surface area contributed by atoms with Gasteiger partial charge in [-0.2, -0.15) is 4.98 Å². The molecule has 0 unspecified atom stereocenters. The van der Waals surface area contributed by atoms with Crippen LogP contribution in [0.3, 0.4) is 0 Å². The van der Waals surface area contributed by atoms with Crippen LogP contribution in [-0.2, 0) is 5.92 Å². The van der Waals surface area contributed by atoms with Gasteiger partial charge in [0.05, 0.1) is 7.11 Å². The van der Waals surface area contributed by atoms with Gasteiger partial charge in [0.25, 0.3) is 5.92 Å². The molecule has 6 heteroatoms. The fraction of sp³-hybridized carbons (Fsp3) is 0.429. The molecule has 0 bridgehead atoms. The number of nitrogens with two attached hydrogens (primary N) is 1. The fourth-order valence-corrected chi connectivity index (χ4v) is 0.836. The number of nitrogens with zero attached hydrogens (tertiary/aromatic N) is 2. The Balaban J connectivity index is 3.22. The molecule has 13 heavy (non-hydrogen) atoms. The van der Waals surface area contributed by atoms with E-state index in [0.29, 0.717) is 0 Å². The summed E-state index contributed by atoms with van der Waals surface area (Å²) >= 11 is 0. The molecule has 1 rings (SSSR count). The number of halogens is 2. The zero-order chi connectivity index (χ0) is 10.1. The summed E-state index contributed by atoms with van der Waals surface area (Å²) in [5.74, 6) is -3.32. The molecule has 0 spiro atoms. The third-order valence-corrected chi connectivity index (χ3v) is 1.44. The lowest BCUT2D eigenvalue weighted by molar-refractivity contribution is 0.0141. The Morgan fingerprint density at radius 2 is 2.15 bits per heavy atom. The number of anilines is 1. The molecule has 1 aromatic heterocycles. The normalized spacial score (nSPS) is 11.4. The van der Waals surface area contributed by atoms with Crippen molar-refractivity contribution in [3.05, 3.63) is 11.8 Å². The van der Waals surface area contributed by atoms with Crippen molar-refractivity contribution in [2.24, 2.45) is 0 Å². The molecule has 1 aromatic rings. The van der Waals surface area contributed by atoms with Gasteiger partial charge in [0.1, 0.15) is 5.56 Å². The minimum atomic E-state index is -3.03. The van der Waals surface area contributed by atoms with E-state index >= 15 is 0 Å². The van der Waals surface area contributed by atoms with E-state index in [9.17, 15) is 8.78 Å². The van der Waals surface area contributed by atoms with Gasteiger partial charge in [-0.3, -0.25) is 0 Å². The highest BCUT2D eigenvalue weighted by molar-refractivity contribution is 5.32. The van der Waals surface area contributed by atoms with Crippen LogP contribution in [0.2, 0.25) is 0 Å². The number of rotatable bonds is 2. The molecule has 72 valence electrons. The monoisotopic (exact) mass is 189 g/mol. The highest BCUT2D eigenvalue weighted by Gasteiger charge is 2.30. The summed E-state index contributed by atoms with van der Waals surface area (Å²) in [6.45, 7) is 0.740. The van der Waals surface area contributed by atoms with Gasteiger partial charge in [-0.15, -0.1) is 0 Å². The van der Waals surface area contributed by atoms with Gasteiger partial charge in [0.15, 0.2) is 0 Å². The van der Waals surface area contributed by atoms with Gasteiger partial charge in [0.2, 0.25) is 11.8 Å². The van der Waals surface area contributed by atoms with Crippen LogP contribution in [0.1, 0.15) is 12.5 Å². The van der Waals surface area contributed by atoms with Crippen molar-refractivity contribution >= 4 is 5.95 Å². The van der Waals surface area contributed by atoms with Crippen LogP contribution in [-0.4, -0.2) is 17.1 Å². The lowest BCUT2D eigenvalue weighted by Gasteiger charge is -2.12. The molecule has 0 saturated heterocycles. The Morgan fingerprint density at radius 1 is 1.54 bits per heavy atom. The molecule has 0 saturated carbocycles. The van der Waals surface area contributed by atoms with Gasteiger partial charge in [-0.05, 0) is 0 Å². The summed E-state index contributed by atoms with van der Waals surface area (Å²) < 4.78 is 30.3. The summed E-state index contributed by atoms with van der Waals surface area (Å²) in [5, 5.41) is 0. The molecule has 0 radical (unpaired) electrons. The summed E-state index contributed by atoms with van der Waals surface area (Å²) in [7, 11) is 1.25. The number of aromatic nitrogens is 2. The maximum atomic E-state index is 12.8. The van der Waals surface area contributed by atoms with Crippen molar-refractivity contribution in [1.29, 1.82) is 0 Å². The van der Waals surface area contributed by atoms with Gasteiger partial charge in [-0.25, -0.2) is 13.8 Å². The summed E-state index contributed by atoms with van der Waals surface area (Å²) in [4.78, 5) is 6.98. The topological polar surface area (TPSA) is 61.0 Å². The van der Waals surface area contributed by atoms with Gasteiger partial charge >= 0.3 is 0 Å². The Labute approximate surface area is 73.8 Å². The fourth-order valence-electron chi connectivity index (χ4n) is 0.836.